The smallest absolute Gasteiger partial charge is 0.181 e. The van der Waals surface area contributed by atoms with Gasteiger partial charge in [-0.15, -0.1) is 0 Å². The van der Waals surface area contributed by atoms with Gasteiger partial charge in [0.25, 0.3) is 0 Å². The molecule has 0 amide bonds. The van der Waals surface area contributed by atoms with E-state index in [2.05, 4.69) is 5.32 Å². The van der Waals surface area contributed by atoms with Gasteiger partial charge in [-0.2, -0.15) is 0 Å². The molecule has 0 spiro atoms. The van der Waals surface area contributed by atoms with Gasteiger partial charge in [-0.05, 0) is 43.9 Å². The van der Waals surface area contributed by atoms with Gasteiger partial charge < -0.3 is 5.32 Å². The number of fused-ring (bicyclic) bond motifs is 1. The van der Waals surface area contributed by atoms with E-state index in [1.54, 1.807) is 13.8 Å². The molecular weight excluding hydrogens is 217 g/mol. The molecular formula is C14H16FNO. The van der Waals surface area contributed by atoms with E-state index in [1.165, 1.54) is 0 Å². The highest BCUT2D eigenvalue weighted by Crippen LogP contribution is 2.50. The minimum atomic E-state index is -1.35. The minimum absolute atomic E-state index is 0.228. The van der Waals surface area contributed by atoms with E-state index in [0.717, 1.165) is 29.7 Å². The molecule has 0 saturated heterocycles. The number of anilines is 1. The number of rotatable bonds is 2. The van der Waals surface area contributed by atoms with Crippen LogP contribution in [0.15, 0.2) is 18.2 Å². The topological polar surface area (TPSA) is 29.1 Å². The molecule has 1 aliphatic heterocycles. The lowest BCUT2D eigenvalue weighted by Gasteiger charge is -2.13. The first kappa shape index (κ1) is 10.8. The summed E-state index contributed by atoms with van der Waals surface area (Å²) in [5.74, 6) is -1.13. The van der Waals surface area contributed by atoms with E-state index >= 15 is 0 Å². The standard InChI is InChI=1S/C14H16FNO/c1-9(17)14(5-6-14)11-3-4-12-10(7-11)8-13(2,15)16-12/h3-4,7,16H,5-6,8H2,1-2H3. The molecule has 17 heavy (non-hydrogen) atoms. The van der Waals surface area contributed by atoms with Gasteiger partial charge in [-0.25, -0.2) is 4.39 Å². The third-order valence-corrected chi connectivity index (χ3v) is 4.00. The summed E-state index contributed by atoms with van der Waals surface area (Å²) < 4.78 is 13.8. The summed E-state index contributed by atoms with van der Waals surface area (Å²) >= 11 is 0. The van der Waals surface area contributed by atoms with Crippen LogP contribution in [0.1, 0.15) is 37.8 Å². The van der Waals surface area contributed by atoms with Gasteiger partial charge >= 0.3 is 0 Å². The van der Waals surface area contributed by atoms with Gasteiger partial charge in [-0.1, -0.05) is 12.1 Å². The molecule has 2 nitrogen and oxygen atoms in total. The Balaban J connectivity index is 1.99. The summed E-state index contributed by atoms with van der Waals surface area (Å²) in [5.41, 5.74) is 2.64. The van der Waals surface area contributed by atoms with Crippen LogP contribution >= 0.6 is 0 Å². The van der Waals surface area contributed by atoms with Gasteiger partial charge in [0.15, 0.2) is 5.79 Å². The molecule has 3 rings (SSSR count). The molecule has 0 aromatic heterocycles. The fraction of sp³-hybridized carbons (Fsp3) is 0.500. The Morgan fingerprint density at radius 3 is 2.71 bits per heavy atom. The summed E-state index contributed by atoms with van der Waals surface area (Å²) in [6.45, 7) is 3.20. The Kier molecular flexibility index (Phi) is 1.96. The number of benzene rings is 1. The summed E-state index contributed by atoms with van der Waals surface area (Å²) in [5, 5.41) is 2.85. The maximum absolute atomic E-state index is 13.8. The second-order valence-corrected chi connectivity index (χ2v) is 5.51. The molecule has 2 aliphatic rings. The molecule has 1 N–H and O–H groups in total. The third-order valence-electron chi connectivity index (χ3n) is 4.00. The fourth-order valence-electron chi connectivity index (χ4n) is 2.81. The van der Waals surface area contributed by atoms with Crippen LogP contribution in [0.5, 0.6) is 0 Å². The molecule has 1 fully saturated rings. The zero-order chi connectivity index (χ0) is 12.3. The molecule has 1 aromatic carbocycles. The number of Topliss-reactive ketones (excluding diaryl/α,β-unsaturated/α-hetero) is 1. The molecule has 1 atom stereocenters. The number of carbonyl (C=O) groups excluding carboxylic acids is 1. The molecule has 1 saturated carbocycles. The van der Waals surface area contributed by atoms with Crippen molar-refractivity contribution >= 4 is 11.5 Å². The molecule has 1 heterocycles. The van der Waals surface area contributed by atoms with E-state index in [4.69, 9.17) is 0 Å². The average molecular weight is 233 g/mol. The van der Waals surface area contributed by atoms with Crippen molar-refractivity contribution in [3.05, 3.63) is 29.3 Å². The number of halogens is 1. The molecule has 1 aliphatic carbocycles. The predicted molar refractivity (Wildman–Crippen MR) is 64.9 cm³/mol. The Morgan fingerprint density at radius 1 is 1.41 bits per heavy atom. The molecule has 0 radical (unpaired) electrons. The first-order valence-corrected chi connectivity index (χ1v) is 6.05. The molecule has 3 heteroatoms. The zero-order valence-electron chi connectivity index (χ0n) is 10.1. The van der Waals surface area contributed by atoms with Crippen molar-refractivity contribution in [1.29, 1.82) is 0 Å². The Bertz CT molecular complexity index is 503. The summed E-state index contributed by atoms with van der Waals surface area (Å²) in [6.07, 6.45) is 2.24. The van der Waals surface area contributed by atoms with Gasteiger partial charge in [0.2, 0.25) is 0 Å². The zero-order valence-corrected chi connectivity index (χ0v) is 10.1. The van der Waals surface area contributed by atoms with Gasteiger partial charge in [-0.3, -0.25) is 4.79 Å². The summed E-state index contributed by atoms with van der Waals surface area (Å²) in [6, 6.07) is 5.86. The van der Waals surface area contributed by atoms with Crippen molar-refractivity contribution in [2.24, 2.45) is 0 Å². The fourth-order valence-corrected chi connectivity index (χ4v) is 2.81. The van der Waals surface area contributed by atoms with Crippen LogP contribution in [0.4, 0.5) is 10.1 Å². The normalized spacial score (nSPS) is 28.4. The molecule has 1 aromatic rings. The van der Waals surface area contributed by atoms with E-state index < -0.39 is 5.79 Å². The van der Waals surface area contributed by atoms with E-state index in [-0.39, 0.29) is 11.2 Å². The van der Waals surface area contributed by atoms with Crippen LogP contribution in [0, 0.1) is 0 Å². The Labute approximate surface area is 100 Å². The predicted octanol–water partition coefficient (Wildman–Crippen LogP) is 2.96. The lowest BCUT2D eigenvalue weighted by molar-refractivity contribution is -0.119. The SMILES string of the molecule is CC(=O)C1(c2ccc3c(c2)CC(C)(F)N3)CC1. The maximum atomic E-state index is 13.8. The minimum Gasteiger partial charge on any atom is -0.353 e. The Morgan fingerprint density at radius 2 is 2.12 bits per heavy atom. The first-order chi connectivity index (χ1) is 7.93. The highest BCUT2D eigenvalue weighted by Gasteiger charge is 2.49. The highest BCUT2D eigenvalue weighted by atomic mass is 19.1. The van der Waals surface area contributed by atoms with Crippen LogP contribution < -0.4 is 5.32 Å². The number of hydrogen-bond acceptors (Lipinski definition) is 2. The average Bonchev–Trinajstić information content (AvgIpc) is 2.95. The van der Waals surface area contributed by atoms with Crippen molar-refractivity contribution in [3.63, 3.8) is 0 Å². The molecule has 1 unspecified atom stereocenters. The number of hydrogen-bond donors (Lipinski definition) is 1. The molecule has 0 bridgehead atoms. The number of nitrogens with one attached hydrogen (secondary N) is 1. The van der Waals surface area contributed by atoms with E-state index in [1.807, 2.05) is 18.2 Å². The van der Waals surface area contributed by atoms with Crippen molar-refractivity contribution in [2.75, 3.05) is 5.32 Å². The van der Waals surface area contributed by atoms with Crippen LogP contribution in [0.25, 0.3) is 0 Å². The van der Waals surface area contributed by atoms with Crippen molar-refractivity contribution in [1.82, 2.24) is 0 Å². The van der Waals surface area contributed by atoms with Crippen LogP contribution in [0.2, 0.25) is 0 Å². The number of alkyl halides is 1. The lowest BCUT2D eigenvalue weighted by atomic mass is 9.90. The van der Waals surface area contributed by atoms with Crippen LogP contribution in [-0.4, -0.2) is 11.6 Å². The maximum Gasteiger partial charge on any atom is 0.181 e. The van der Waals surface area contributed by atoms with Crippen LogP contribution in [0.3, 0.4) is 0 Å². The second kappa shape index (κ2) is 3.09. The highest BCUT2D eigenvalue weighted by molar-refractivity contribution is 5.91. The van der Waals surface area contributed by atoms with Crippen molar-refractivity contribution < 1.29 is 9.18 Å². The van der Waals surface area contributed by atoms with E-state index in [0.29, 0.717) is 6.42 Å². The lowest BCUT2D eigenvalue weighted by Crippen LogP contribution is -2.25. The summed E-state index contributed by atoms with van der Waals surface area (Å²) in [7, 11) is 0. The summed E-state index contributed by atoms with van der Waals surface area (Å²) in [4.78, 5) is 11.7. The van der Waals surface area contributed by atoms with Gasteiger partial charge in [0.05, 0.1) is 5.41 Å². The Hall–Kier alpha value is -1.38. The number of ketones is 1. The molecule has 90 valence electrons. The largest absolute Gasteiger partial charge is 0.353 e. The van der Waals surface area contributed by atoms with Gasteiger partial charge in [0.1, 0.15) is 5.78 Å². The van der Waals surface area contributed by atoms with Crippen molar-refractivity contribution in [2.45, 2.75) is 44.3 Å². The first-order valence-electron chi connectivity index (χ1n) is 6.05. The van der Waals surface area contributed by atoms with Crippen molar-refractivity contribution in [3.8, 4) is 0 Å². The number of carbonyl (C=O) groups is 1. The van der Waals surface area contributed by atoms with E-state index in [9.17, 15) is 9.18 Å². The van der Waals surface area contributed by atoms with Gasteiger partial charge in [0, 0.05) is 12.1 Å². The quantitative estimate of drug-likeness (QED) is 0.796. The second-order valence-electron chi connectivity index (χ2n) is 5.51. The van der Waals surface area contributed by atoms with Crippen LogP contribution in [-0.2, 0) is 16.6 Å². The third kappa shape index (κ3) is 1.56. The monoisotopic (exact) mass is 233 g/mol.